The van der Waals surface area contributed by atoms with Crippen LogP contribution >= 0.6 is 11.3 Å². The Morgan fingerprint density at radius 3 is 2.70 bits per heavy atom. The molecule has 0 aliphatic carbocycles. The fraction of sp³-hybridized carbons (Fsp3) is 0.458. The Morgan fingerprint density at radius 2 is 2.06 bits per heavy atom. The number of aryl methyl sites for hydroxylation is 2. The van der Waals surface area contributed by atoms with Crippen molar-refractivity contribution in [3.8, 4) is 17.1 Å². The summed E-state index contributed by atoms with van der Waals surface area (Å²) in [6, 6.07) is 5.78. The predicted molar refractivity (Wildman–Crippen MR) is 133 cm³/mol. The molecule has 2 aromatic heterocycles. The Hall–Kier alpha value is -2.91. The van der Waals surface area contributed by atoms with Crippen LogP contribution in [0, 0.1) is 13.8 Å². The normalized spacial score (nSPS) is 18.0. The number of hydrogen-bond donors (Lipinski definition) is 1. The molecule has 0 amide bonds. The molecule has 0 bridgehead atoms. The van der Waals surface area contributed by atoms with Gasteiger partial charge in [0.25, 0.3) is 5.56 Å². The summed E-state index contributed by atoms with van der Waals surface area (Å²) in [4.78, 5) is 25.1. The molecule has 4 rings (SSSR count). The van der Waals surface area contributed by atoms with Crippen LogP contribution in [0.1, 0.15) is 25.1 Å². The van der Waals surface area contributed by atoms with Crippen LogP contribution in [0.5, 0.6) is 5.75 Å². The molecule has 176 valence electrons. The summed E-state index contributed by atoms with van der Waals surface area (Å²) >= 11 is 1.61. The van der Waals surface area contributed by atoms with Gasteiger partial charge in [0.2, 0.25) is 0 Å². The van der Waals surface area contributed by atoms with Gasteiger partial charge in [-0.25, -0.2) is 9.97 Å². The van der Waals surface area contributed by atoms with Crippen molar-refractivity contribution in [2.24, 2.45) is 0 Å². The van der Waals surface area contributed by atoms with E-state index in [9.17, 15) is 4.79 Å². The number of ether oxygens (including phenoxy) is 2. The highest BCUT2D eigenvalue weighted by Gasteiger charge is 2.35. The van der Waals surface area contributed by atoms with Crippen molar-refractivity contribution in [3.63, 3.8) is 0 Å². The van der Waals surface area contributed by atoms with E-state index in [1.165, 1.54) is 0 Å². The quantitative estimate of drug-likeness (QED) is 0.538. The molecular weight excluding hydrogens is 438 g/mol. The molecule has 1 aliphatic heterocycles. The van der Waals surface area contributed by atoms with Crippen LogP contribution in [0.4, 0.5) is 10.8 Å². The molecule has 3 aromatic rings. The standard InChI is InChI=1S/C24H31N5O3S/c1-6-29-22(18-9-8-17(31-5)12-15(18)3)26-16(4)21(23(29)30)27-19-13-28(14-20(19)32-7-2)24-25-10-11-33-24/h8-12,19-20,27H,6-7,13-14H2,1-5H3. The van der Waals surface area contributed by atoms with E-state index in [0.29, 0.717) is 36.9 Å². The Morgan fingerprint density at radius 1 is 1.24 bits per heavy atom. The molecule has 0 saturated carbocycles. The van der Waals surface area contributed by atoms with Crippen molar-refractivity contribution in [1.29, 1.82) is 0 Å². The number of anilines is 2. The van der Waals surface area contributed by atoms with Crippen LogP contribution < -0.4 is 20.5 Å². The highest BCUT2D eigenvalue weighted by molar-refractivity contribution is 7.13. The van der Waals surface area contributed by atoms with Gasteiger partial charge in [-0.1, -0.05) is 0 Å². The number of rotatable bonds is 8. The van der Waals surface area contributed by atoms with Crippen molar-refractivity contribution in [2.75, 3.05) is 37.0 Å². The number of benzene rings is 1. The topological polar surface area (TPSA) is 81.5 Å². The van der Waals surface area contributed by atoms with Crippen molar-refractivity contribution >= 4 is 22.2 Å². The molecule has 1 fully saturated rings. The van der Waals surface area contributed by atoms with E-state index >= 15 is 0 Å². The van der Waals surface area contributed by atoms with Gasteiger partial charge in [-0.2, -0.15) is 0 Å². The minimum atomic E-state index is -0.0711. The van der Waals surface area contributed by atoms with Gasteiger partial charge in [0.15, 0.2) is 5.13 Å². The fourth-order valence-electron chi connectivity index (χ4n) is 4.35. The Balaban J connectivity index is 1.68. The highest BCUT2D eigenvalue weighted by atomic mass is 32.1. The van der Waals surface area contributed by atoms with Gasteiger partial charge in [0, 0.05) is 43.4 Å². The van der Waals surface area contributed by atoms with Crippen molar-refractivity contribution in [3.05, 3.63) is 51.4 Å². The average molecular weight is 470 g/mol. The molecule has 9 heteroatoms. The molecule has 3 heterocycles. The zero-order valence-corrected chi connectivity index (χ0v) is 20.6. The SMILES string of the molecule is CCOC1CN(c2nccs2)CC1Nc1c(C)nc(-c2ccc(OC)cc2C)n(CC)c1=O. The van der Waals surface area contributed by atoms with Gasteiger partial charge in [-0.3, -0.25) is 9.36 Å². The lowest BCUT2D eigenvalue weighted by Gasteiger charge is -2.22. The Kier molecular flexibility index (Phi) is 6.99. The molecule has 8 nitrogen and oxygen atoms in total. The minimum Gasteiger partial charge on any atom is -0.497 e. The zero-order valence-electron chi connectivity index (χ0n) is 19.8. The third-order valence-electron chi connectivity index (χ3n) is 6.01. The van der Waals surface area contributed by atoms with Gasteiger partial charge >= 0.3 is 0 Å². The first-order valence-corrected chi connectivity index (χ1v) is 12.1. The molecule has 0 spiro atoms. The van der Waals surface area contributed by atoms with Crippen molar-refractivity contribution < 1.29 is 9.47 Å². The predicted octanol–water partition coefficient (Wildman–Crippen LogP) is 3.72. The lowest BCUT2D eigenvalue weighted by molar-refractivity contribution is 0.0720. The van der Waals surface area contributed by atoms with Gasteiger partial charge in [0.05, 0.1) is 24.9 Å². The molecule has 0 radical (unpaired) electrons. The van der Waals surface area contributed by atoms with Crippen LogP contribution in [0.3, 0.4) is 0 Å². The van der Waals surface area contributed by atoms with Gasteiger partial charge in [-0.05, 0) is 51.5 Å². The number of methoxy groups -OCH3 is 1. The largest absolute Gasteiger partial charge is 0.497 e. The molecule has 33 heavy (non-hydrogen) atoms. The second kappa shape index (κ2) is 9.93. The summed E-state index contributed by atoms with van der Waals surface area (Å²) in [5, 5.41) is 6.42. The van der Waals surface area contributed by atoms with Gasteiger partial charge in [0.1, 0.15) is 17.3 Å². The third-order valence-corrected chi connectivity index (χ3v) is 6.84. The smallest absolute Gasteiger partial charge is 0.277 e. The maximum Gasteiger partial charge on any atom is 0.277 e. The average Bonchev–Trinajstić information content (AvgIpc) is 3.47. The number of nitrogens with one attached hydrogen (secondary N) is 1. The van der Waals surface area contributed by atoms with E-state index < -0.39 is 0 Å². The Labute approximate surface area is 198 Å². The van der Waals surface area contributed by atoms with Crippen molar-refractivity contribution in [2.45, 2.75) is 46.4 Å². The van der Waals surface area contributed by atoms with E-state index in [4.69, 9.17) is 14.5 Å². The lowest BCUT2D eigenvalue weighted by atomic mass is 10.1. The maximum atomic E-state index is 13.6. The van der Waals surface area contributed by atoms with E-state index in [1.807, 2.05) is 57.5 Å². The van der Waals surface area contributed by atoms with Gasteiger partial charge < -0.3 is 19.7 Å². The summed E-state index contributed by atoms with van der Waals surface area (Å²) in [5.74, 6) is 1.45. The molecular formula is C24H31N5O3S. The number of aromatic nitrogens is 3. The first-order chi connectivity index (χ1) is 16.0. The maximum absolute atomic E-state index is 13.6. The third kappa shape index (κ3) is 4.60. The first kappa shape index (κ1) is 23.3. The summed E-state index contributed by atoms with van der Waals surface area (Å²) in [7, 11) is 1.65. The first-order valence-electron chi connectivity index (χ1n) is 11.3. The second-order valence-corrected chi connectivity index (χ2v) is 8.96. The number of hydrogen-bond acceptors (Lipinski definition) is 8. The van der Waals surface area contributed by atoms with Crippen LogP contribution in [-0.2, 0) is 11.3 Å². The van der Waals surface area contributed by atoms with Crippen LogP contribution in [0.25, 0.3) is 11.4 Å². The van der Waals surface area contributed by atoms with Crippen LogP contribution in [0.15, 0.2) is 34.6 Å². The molecule has 1 aromatic carbocycles. The van der Waals surface area contributed by atoms with E-state index in [2.05, 4.69) is 15.2 Å². The molecule has 2 unspecified atom stereocenters. The van der Waals surface area contributed by atoms with E-state index in [1.54, 1.807) is 23.0 Å². The summed E-state index contributed by atoms with van der Waals surface area (Å²) in [5.41, 5.74) is 3.07. The van der Waals surface area contributed by atoms with Crippen molar-refractivity contribution in [1.82, 2.24) is 14.5 Å². The van der Waals surface area contributed by atoms with E-state index in [0.717, 1.165) is 28.6 Å². The number of nitrogens with zero attached hydrogens (tertiary/aromatic N) is 4. The molecule has 2 atom stereocenters. The highest BCUT2D eigenvalue weighted by Crippen LogP contribution is 2.28. The number of thiazole rings is 1. The second-order valence-electron chi connectivity index (χ2n) is 8.09. The summed E-state index contributed by atoms with van der Waals surface area (Å²) in [6.07, 6.45) is 1.76. The summed E-state index contributed by atoms with van der Waals surface area (Å²) in [6.45, 7) is 10.4. The zero-order chi connectivity index (χ0) is 23.5. The molecule has 1 aliphatic rings. The fourth-order valence-corrected chi connectivity index (χ4v) is 5.01. The Bertz CT molecular complexity index is 1160. The van der Waals surface area contributed by atoms with E-state index in [-0.39, 0.29) is 17.7 Å². The molecule has 1 saturated heterocycles. The lowest BCUT2D eigenvalue weighted by Crippen LogP contribution is -2.38. The monoisotopic (exact) mass is 469 g/mol. The van der Waals surface area contributed by atoms with Gasteiger partial charge in [-0.15, -0.1) is 11.3 Å². The van der Waals surface area contributed by atoms with Crippen LogP contribution in [0.2, 0.25) is 0 Å². The van der Waals surface area contributed by atoms with Crippen LogP contribution in [-0.4, -0.2) is 53.5 Å². The summed E-state index contributed by atoms with van der Waals surface area (Å²) < 4.78 is 13.1. The molecule has 1 N–H and O–H groups in total. The minimum absolute atomic E-state index is 0.0408.